The minimum atomic E-state index is -0.283. The maximum Gasteiger partial charge on any atom is 0.323 e. The number of amides is 1. The summed E-state index contributed by atoms with van der Waals surface area (Å²) in [6.07, 6.45) is 5.19. The molecular weight excluding hydrogens is 414 g/mol. The molecule has 162 valence electrons. The number of hydrogen-bond donors (Lipinski definition) is 3. The Morgan fingerprint density at radius 1 is 0.939 bits per heavy atom. The van der Waals surface area contributed by atoms with Gasteiger partial charge in [-0.2, -0.15) is 5.10 Å². The molecule has 1 amide bonds. The number of hydrogen-bond acceptors (Lipinski definition) is 3. The van der Waals surface area contributed by atoms with E-state index in [0.717, 1.165) is 22.4 Å². The van der Waals surface area contributed by atoms with Crippen LogP contribution in [0.3, 0.4) is 0 Å². The van der Waals surface area contributed by atoms with Gasteiger partial charge in [-0.25, -0.2) is 4.79 Å². The number of aromatic nitrogens is 4. The molecule has 0 atom stereocenters. The van der Waals surface area contributed by atoms with Gasteiger partial charge in [0.05, 0.1) is 23.3 Å². The molecule has 0 fully saturated rings. The van der Waals surface area contributed by atoms with Crippen molar-refractivity contribution in [2.45, 2.75) is 6.54 Å². The Balaban J connectivity index is 1.39. The van der Waals surface area contributed by atoms with E-state index in [4.69, 9.17) is 5.10 Å². The van der Waals surface area contributed by atoms with Crippen LogP contribution in [0.5, 0.6) is 0 Å². The molecule has 33 heavy (non-hydrogen) atoms. The molecule has 0 unspecified atom stereocenters. The number of nitrogens with one attached hydrogen (secondary N) is 3. The van der Waals surface area contributed by atoms with Crippen molar-refractivity contribution in [3.05, 3.63) is 113 Å². The Hall–Kier alpha value is -4.65. The summed E-state index contributed by atoms with van der Waals surface area (Å²) >= 11 is 0. The zero-order chi connectivity index (χ0) is 22.6. The Morgan fingerprint density at radius 2 is 1.67 bits per heavy atom. The van der Waals surface area contributed by atoms with E-state index in [0.29, 0.717) is 23.3 Å². The molecule has 3 N–H and O–H groups in total. The molecule has 0 aliphatic carbocycles. The fourth-order valence-electron chi connectivity index (χ4n) is 3.69. The molecule has 7 heteroatoms. The van der Waals surface area contributed by atoms with Crippen molar-refractivity contribution in [2.24, 2.45) is 0 Å². The van der Waals surface area contributed by atoms with Gasteiger partial charge in [0.15, 0.2) is 0 Å². The van der Waals surface area contributed by atoms with Gasteiger partial charge in [-0.15, -0.1) is 0 Å². The molecular formula is C26H21N5O2. The van der Waals surface area contributed by atoms with Gasteiger partial charge >= 0.3 is 5.69 Å². The predicted octanol–water partition coefficient (Wildman–Crippen LogP) is 4.42. The fourth-order valence-corrected chi connectivity index (χ4v) is 3.69. The van der Waals surface area contributed by atoms with E-state index in [9.17, 15) is 9.59 Å². The summed E-state index contributed by atoms with van der Waals surface area (Å²) in [6, 6.07) is 25.2. The molecule has 0 spiro atoms. The van der Waals surface area contributed by atoms with E-state index in [1.165, 1.54) is 6.08 Å². The topological polar surface area (TPSA) is 95.6 Å². The van der Waals surface area contributed by atoms with E-state index < -0.39 is 0 Å². The Labute approximate surface area is 189 Å². The zero-order valence-corrected chi connectivity index (χ0v) is 17.7. The number of aromatic amines is 2. The highest BCUT2D eigenvalue weighted by atomic mass is 16.1. The normalized spacial score (nSPS) is 11.3. The van der Waals surface area contributed by atoms with E-state index in [-0.39, 0.29) is 11.6 Å². The van der Waals surface area contributed by atoms with Gasteiger partial charge in [0, 0.05) is 29.1 Å². The highest BCUT2D eigenvalue weighted by Gasteiger charge is 2.10. The first-order valence-corrected chi connectivity index (χ1v) is 10.5. The number of carbonyl (C=O) groups excluding carboxylic acids is 1. The summed E-state index contributed by atoms with van der Waals surface area (Å²) in [7, 11) is 0. The second-order valence-electron chi connectivity index (χ2n) is 7.64. The maximum atomic E-state index is 12.6. The first-order chi connectivity index (χ1) is 16.1. The molecule has 5 aromatic rings. The third-order valence-electron chi connectivity index (χ3n) is 5.22. The van der Waals surface area contributed by atoms with E-state index >= 15 is 0 Å². The number of carbonyl (C=O) groups is 1. The van der Waals surface area contributed by atoms with Crippen LogP contribution in [0.15, 0.2) is 95.9 Å². The molecule has 3 aromatic carbocycles. The summed E-state index contributed by atoms with van der Waals surface area (Å²) in [4.78, 5) is 29.4. The van der Waals surface area contributed by atoms with E-state index in [2.05, 4.69) is 27.4 Å². The van der Waals surface area contributed by atoms with Crippen LogP contribution in [-0.2, 0) is 11.3 Å². The average molecular weight is 435 g/mol. The second-order valence-corrected chi connectivity index (χ2v) is 7.64. The van der Waals surface area contributed by atoms with Crippen molar-refractivity contribution >= 4 is 28.7 Å². The van der Waals surface area contributed by atoms with Crippen LogP contribution in [0, 0.1) is 0 Å². The minimum Gasteiger partial charge on any atom is -0.322 e. The highest BCUT2D eigenvalue weighted by Crippen LogP contribution is 2.24. The summed E-state index contributed by atoms with van der Waals surface area (Å²) < 4.78 is 1.88. The van der Waals surface area contributed by atoms with Crippen LogP contribution in [0.4, 0.5) is 5.69 Å². The van der Waals surface area contributed by atoms with Crippen molar-refractivity contribution in [2.75, 3.05) is 5.32 Å². The number of fused-ring (bicyclic) bond motifs is 1. The molecule has 0 saturated heterocycles. The van der Waals surface area contributed by atoms with E-state index in [1.54, 1.807) is 24.3 Å². The van der Waals surface area contributed by atoms with Crippen LogP contribution in [0.25, 0.3) is 28.4 Å². The summed E-state index contributed by atoms with van der Waals surface area (Å²) in [5.74, 6) is -0.276. The Kier molecular flexibility index (Phi) is 5.43. The lowest BCUT2D eigenvalue weighted by Crippen LogP contribution is -2.07. The van der Waals surface area contributed by atoms with Crippen molar-refractivity contribution < 1.29 is 4.79 Å². The molecule has 7 nitrogen and oxygen atoms in total. The number of H-pyrrole nitrogens is 2. The fraction of sp³-hybridized carbons (Fsp3) is 0.0385. The first-order valence-electron chi connectivity index (χ1n) is 10.5. The van der Waals surface area contributed by atoms with Crippen LogP contribution in [0.2, 0.25) is 0 Å². The molecule has 0 aliphatic rings. The molecule has 5 rings (SSSR count). The number of rotatable bonds is 6. The molecule has 0 saturated carbocycles. The Morgan fingerprint density at radius 3 is 2.45 bits per heavy atom. The average Bonchev–Trinajstić information content (AvgIpc) is 3.40. The van der Waals surface area contributed by atoms with Gasteiger partial charge in [-0.3, -0.25) is 9.48 Å². The first kappa shape index (κ1) is 20.3. The SMILES string of the molecule is O=C(C=Cc1cn(Cc2ccccc2)nc1-c1ccccc1)Nc1ccc2[nH]c(=O)[nH]c2c1. The number of imidazole rings is 1. The number of nitrogens with zero attached hydrogens (tertiary/aromatic N) is 2. The molecule has 2 aromatic heterocycles. The highest BCUT2D eigenvalue weighted by molar-refractivity contribution is 6.03. The lowest BCUT2D eigenvalue weighted by atomic mass is 10.1. The largest absolute Gasteiger partial charge is 0.323 e. The lowest BCUT2D eigenvalue weighted by molar-refractivity contribution is -0.111. The molecule has 0 aliphatic heterocycles. The third-order valence-corrected chi connectivity index (χ3v) is 5.22. The van der Waals surface area contributed by atoms with Gasteiger partial charge in [0.25, 0.3) is 0 Å². The molecule has 2 heterocycles. The monoisotopic (exact) mass is 435 g/mol. The third kappa shape index (κ3) is 4.67. The number of benzene rings is 3. The molecule has 0 radical (unpaired) electrons. The quantitative estimate of drug-likeness (QED) is 0.345. The standard InChI is InChI=1S/C26H21N5O2/c32-24(27-21-12-13-22-23(15-21)29-26(33)28-22)14-11-20-17-31(16-18-7-3-1-4-8-18)30-25(20)19-9-5-2-6-10-19/h1-15,17H,16H2,(H,27,32)(H2,28,29,33). The van der Waals surface area contributed by atoms with Crippen molar-refractivity contribution in [3.8, 4) is 11.3 Å². The zero-order valence-electron chi connectivity index (χ0n) is 17.7. The summed E-state index contributed by atoms with van der Waals surface area (Å²) in [5, 5.41) is 7.60. The predicted molar refractivity (Wildman–Crippen MR) is 130 cm³/mol. The van der Waals surface area contributed by atoms with Crippen LogP contribution >= 0.6 is 0 Å². The minimum absolute atomic E-state index is 0.276. The van der Waals surface area contributed by atoms with Crippen LogP contribution in [0.1, 0.15) is 11.1 Å². The van der Waals surface area contributed by atoms with Gasteiger partial charge in [0.2, 0.25) is 5.91 Å². The van der Waals surface area contributed by atoms with Crippen molar-refractivity contribution in [3.63, 3.8) is 0 Å². The van der Waals surface area contributed by atoms with Crippen molar-refractivity contribution in [1.29, 1.82) is 0 Å². The lowest BCUT2D eigenvalue weighted by Gasteiger charge is -2.02. The smallest absolute Gasteiger partial charge is 0.322 e. The maximum absolute atomic E-state index is 12.6. The Bertz CT molecular complexity index is 1490. The van der Waals surface area contributed by atoms with Gasteiger partial charge in [0.1, 0.15) is 0 Å². The summed E-state index contributed by atoms with van der Waals surface area (Å²) in [6.45, 7) is 0.635. The molecule has 0 bridgehead atoms. The summed E-state index contributed by atoms with van der Waals surface area (Å²) in [5.41, 5.74) is 5.41. The number of anilines is 1. The van der Waals surface area contributed by atoms with Gasteiger partial charge < -0.3 is 15.3 Å². The van der Waals surface area contributed by atoms with Crippen LogP contribution in [-0.4, -0.2) is 25.7 Å². The van der Waals surface area contributed by atoms with E-state index in [1.807, 2.05) is 59.4 Å². The van der Waals surface area contributed by atoms with Gasteiger partial charge in [-0.1, -0.05) is 60.7 Å². The second kappa shape index (κ2) is 8.84. The van der Waals surface area contributed by atoms with Crippen molar-refractivity contribution in [1.82, 2.24) is 19.7 Å². The van der Waals surface area contributed by atoms with Crippen LogP contribution < -0.4 is 11.0 Å². The van der Waals surface area contributed by atoms with Gasteiger partial charge in [-0.05, 0) is 29.8 Å².